The number of hydrogen-bond acceptors (Lipinski definition) is 3. The lowest BCUT2D eigenvalue weighted by Crippen LogP contribution is -2.24. The molecule has 0 fully saturated rings. The highest BCUT2D eigenvalue weighted by Gasteiger charge is 2.08. The summed E-state index contributed by atoms with van der Waals surface area (Å²) in [6.45, 7) is 1.31. The van der Waals surface area contributed by atoms with Crippen LogP contribution in [-0.2, 0) is 0 Å². The van der Waals surface area contributed by atoms with Crippen molar-refractivity contribution in [1.82, 2.24) is 5.32 Å². The number of amides is 1. The molecule has 88 valence electrons. The molecule has 0 radical (unpaired) electrons. The molecule has 16 heavy (non-hydrogen) atoms. The molecule has 0 unspecified atom stereocenters. The van der Waals surface area contributed by atoms with Gasteiger partial charge in [-0.3, -0.25) is 4.79 Å². The van der Waals surface area contributed by atoms with Gasteiger partial charge in [0, 0.05) is 6.54 Å². The number of hydrogen-bond donors (Lipinski definition) is 3. The molecular formula is C12H18N2O2. The predicted molar refractivity (Wildman–Crippen MR) is 63.3 cm³/mol. The highest BCUT2D eigenvalue weighted by Crippen LogP contribution is 2.14. The summed E-state index contributed by atoms with van der Waals surface area (Å²) in [4.78, 5) is 11.6. The van der Waals surface area contributed by atoms with E-state index in [2.05, 4.69) is 5.32 Å². The second kappa shape index (κ2) is 6.85. The maximum atomic E-state index is 11.6. The molecule has 1 amide bonds. The van der Waals surface area contributed by atoms with E-state index in [1.54, 1.807) is 18.2 Å². The van der Waals surface area contributed by atoms with Gasteiger partial charge in [0.15, 0.2) is 0 Å². The Balaban J connectivity index is 2.33. The number of carbonyl (C=O) groups excluding carboxylic acids is 1. The number of unbranched alkanes of at least 4 members (excludes halogenated alkanes) is 2. The molecule has 1 aromatic rings. The number of nitrogens with one attached hydrogen (secondary N) is 1. The molecule has 0 saturated heterocycles. The van der Waals surface area contributed by atoms with Gasteiger partial charge in [0.25, 0.3) is 5.91 Å². The van der Waals surface area contributed by atoms with E-state index in [0.717, 1.165) is 19.3 Å². The van der Waals surface area contributed by atoms with E-state index in [-0.39, 0.29) is 11.7 Å². The van der Waals surface area contributed by atoms with Crippen molar-refractivity contribution in [2.24, 2.45) is 5.73 Å². The van der Waals surface area contributed by atoms with Gasteiger partial charge in [0.2, 0.25) is 0 Å². The molecule has 0 aliphatic rings. The van der Waals surface area contributed by atoms with Gasteiger partial charge in [-0.25, -0.2) is 0 Å². The third-order valence-electron chi connectivity index (χ3n) is 2.32. The van der Waals surface area contributed by atoms with Crippen molar-refractivity contribution in [3.8, 4) is 5.75 Å². The molecule has 0 aliphatic heterocycles. The lowest BCUT2D eigenvalue weighted by atomic mass is 10.2. The molecule has 0 saturated carbocycles. The summed E-state index contributed by atoms with van der Waals surface area (Å²) >= 11 is 0. The molecular weight excluding hydrogens is 204 g/mol. The summed E-state index contributed by atoms with van der Waals surface area (Å²) in [5, 5.41) is 12.2. The average Bonchev–Trinajstić information content (AvgIpc) is 2.29. The molecule has 0 aliphatic carbocycles. The number of carbonyl (C=O) groups is 1. The van der Waals surface area contributed by atoms with E-state index in [4.69, 9.17) is 5.73 Å². The number of rotatable bonds is 6. The maximum Gasteiger partial charge on any atom is 0.255 e. The summed E-state index contributed by atoms with van der Waals surface area (Å²) < 4.78 is 0. The third kappa shape index (κ3) is 3.90. The zero-order valence-corrected chi connectivity index (χ0v) is 9.28. The van der Waals surface area contributed by atoms with E-state index < -0.39 is 0 Å². The lowest BCUT2D eigenvalue weighted by Gasteiger charge is -2.06. The largest absolute Gasteiger partial charge is 0.507 e. The fraction of sp³-hybridized carbons (Fsp3) is 0.417. The first-order valence-corrected chi connectivity index (χ1v) is 5.52. The number of benzene rings is 1. The first kappa shape index (κ1) is 12.5. The Hall–Kier alpha value is -1.55. The normalized spacial score (nSPS) is 10.1. The Morgan fingerprint density at radius 3 is 2.69 bits per heavy atom. The number of aromatic hydroxyl groups is 1. The molecule has 0 aromatic heterocycles. The number of phenols is 1. The van der Waals surface area contributed by atoms with E-state index in [1.165, 1.54) is 6.07 Å². The van der Waals surface area contributed by atoms with Gasteiger partial charge in [0.05, 0.1) is 5.56 Å². The van der Waals surface area contributed by atoms with Crippen LogP contribution in [0, 0.1) is 0 Å². The third-order valence-corrected chi connectivity index (χ3v) is 2.32. The predicted octanol–water partition coefficient (Wildman–Crippen LogP) is 1.25. The van der Waals surface area contributed by atoms with Crippen molar-refractivity contribution in [3.63, 3.8) is 0 Å². The molecule has 1 rings (SSSR count). The highest BCUT2D eigenvalue weighted by molar-refractivity contribution is 5.96. The zero-order valence-electron chi connectivity index (χ0n) is 9.28. The second-order valence-electron chi connectivity index (χ2n) is 3.62. The Kier molecular flexibility index (Phi) is 5.36. The average molecular weight is 222 g/mol. The van der Waals surface area contributed by atoms with Crippen molar-refractivity contribution in [2.45, 2.75) is 19.3 Å². The van der Waals surface area contributed by atoms with Crippen molar-refractivity contribution >= 4 is 5.91 Å². The number of para-hydroxylation sites is 1. The van der Waals surface area contributed by atoms with Crippen LogP contribution in [-0.4, -0.2) is 24.1 Å². The standard InChI is InChI=1S/C12H18N2O2/c13-8-4-1-5-9-14-12(16)10-6-2-3-7-11(10)15/h2-3,6-7,15H,1,4-5,8-9,13H2,(H,14,16). The number of phenolic OH excluding ortho intramolecular Hbond substituents is 1. The molecule has 0 bridgehead atoms. The fourth-order valence-corrected chi connectivity index (χ4v) is 1.41. The minimum atomic E-state index is -0.231. The molecule has 0 atom stereocenters. The topological polar surface area (TPSA) is 75.3 Å². The van der Waals surface area contributed by atoms with Crippen LogP contribution in [0.5, 0.6) is 5.75 Å². The minimum absolute atomic E-state index is 0.0157. The Bertz CT molecular complexity index is 340. The molecule has 1 aromatic carbocycles. The van der Waals surface area contributed by atoms with Gasteiger partial charge in [0.1, 0.15) is 5.75 Å². The summed E-state index contributed by atoms with van der Waals surface area (Å²) in [7, 11) is 0. The van der Waals surface area contributed by atoms with Gasteiger partial charge >= 0.3 is 0 Å². The highest BCUT2D eigenvalue weighted by atomic mass is 16.3. The summed E-state index contributed by atoms with van der Waals surface area (Å²) in [5.74, 6) is -0.215. The van der Waals surface area contributed by atoms with E-state index >= 15 is 0 Å². The van der Waals surface area contributed by atoms with Crippen LogP contribution in [0.2, 0.25) is 0 Å². The lowest BCUT2D eigenvalue weighted by molar-refractivity contribution is 0.0950. The first-order chi connectivity index (χ1) is 7.75. The molecule has 0 spiro atoms. The van der Waals surface area contributed by atoms with Crippen LogP contribution < -0.4 is 11.1 Å². The van der Waals surface area contributed by atoms with Crippen molar-refractivity contribution in [3.05, 3.63) is 29.8 Å². The van der Waals surface area contributed by atoms with Gasteiger partial charge in [-0.15, -0.1) is 0 Å². The monoisotopic (exact) mass is 222 g/mol. The van der Waals surface area contributed by atoms with Crippen LogP contribution in [0.1, 0.15) is 29.6 Å². The van der Waals surface area contributed by atoms with E-state index in [0.29, 0.717) is 18.7 Å². The van der Waals surface area contributed by atoms with Crippen molar-refractivity contribution < 1.29 is 9.90 Å². The van der Waals surface area contributed by atoms with Gasteiger partial charge in [-0.1, -0.05) is 18.6 Å². The van der Waals surface area contributed by atoms with Crippen LogP contribution in [0.4, 0.5) is 0 Å². The van der Waals surface area contributed by atoms with Gasteiger partial charge in [-0.2, -0.15) is 0 Å². The van der Waals surface area contributed by atoms with E-state index in [9.17, 15) is 9.90 Å². The van der Waals surface area contributed by atoms with Crippen LogP contribution >= 0.6 is 0 Å². The van der Waals surface area contributed by atoms with Crippen molar-refractivity contribution in [1.29, 1.82) is 0 Å². The van der Waals surface area contributed by atoms with Gasteiger partial charge < -0.3 is 16.2 Å². The first-order valence-electron chi connectivity index (χ1n) is 5.52. The SMILES string of the molecule is NCCCCCNC(=O)c1ccccc1O. The zero-order chi connectivity index (χ0) is 11.8. The Morgan fingerprint density at radius 1 is 1.25 bits per heavy atom. The van der Waals surface area contributed by atoms with Gasteiger partial charge in [-0.05, 0) is 31.5 Å². The quantitative estimate of drug-likeness (QED) is 0.634. The Labute approximate surface area is 95.5 Å². The maximum absolute atomic E-state index is 11.6. The smallest absolute Gasteiger partial charge is 0.255 e. The molecule has 0 heterocycles. The molecule has 4 nitrogen and oxygen atoms in total. The van der Waals surface area contributed by atoms with Crippen molar-refractivity contribution in [2.75, 3.05) is 13.1 Å². The molecule has 4 heteroatoms. The van der Waals surface area contributed by atoms with Crippen LogP contribution in [0.25, 0.3) is 0 Å². The fourth-order valence-electron chi connectivity index (χ4n) is 1.41. The van der Waals surface area contributed by atoms with Crippen LogP contribution in [0.3, 0.4) is 0 Å². The molecule has 4 N–H and O–H groups in total. The van der Waals surface area contributed by atoms with E-state index in [1.807, 2.05) is 0 Å². The summed E-state index contributed by atoms with van der Waals surface area (Å²) in [6.07, 6.45) is 2.90. The summed E-state index contributed by atoms with van der Waals surface area (Å²) in [6, 6.07) is 6.52. The summed E-state index contributed by atoms with van der Waals surface area (Å²) in [5.41, 5.74) is 5.68. The second-order valence-corrected chi connectivity index (χ2v) is 3.62. The Morgan fingerprint density at radius 2 is 2.00 bits per heavy atom. The van der Waals surface area contributed by atoms with Crippen LogP contribution in [0.15, 0.2) is 24.3 Å². The number of nitrogens with two attached hydrogens (primary N) is 1. The minimum Gasteiger partial charge on any atom is -0.507 e.